The van der Waals surface area contributed by atoms with Gasteiger partial charge in [-0.2, -0.15) is 0 Å². The molecule has 0 aliphatic rings. The lowest BCUT2D eigenvalue weighted by atomic mass is 10.2. The third-order valence-electron chi connectivity index (χ3n) is 2.38. The molecule has 6 heteroatoms. The number of benzene rings is 2. The number of ether oxygens (including phenoxy) is 1. The highest BCUT2D eigenvalue weighted by Gasteiger charge is 2.07. The van der Waals surface area contributed by atoms with Crippen LogP contribution in [0.4, 0.5) is 4.39 Å². The van der Waals surface area contributed by atoms with Gasteiger partial charge >= 0.3 is 0 Å². The zero-order valence-electron chi connectivity index (χ0n) is 9.68. The summed E-state index contributed by atoms with van der Waals surface area (Å²) in [5.41, 5.74) is 5.91. The maximum atomic E-state index is 12.8. The zero-order chi connectivity index (χ0) is 13.8. The van der Waals surface area contributed by atoms with Crippen molar-refractivity contribution in [2.45, 2.75) is 0 Å². The monoisotopic (exact) mass is 280 g/mol. The summed E-state index contributed by atoms with van der Waals surface area (Å²) in [7, 11) is 0. The minimum absolute atomic E-state index is 0.0461. The Bertz CT molecular complexity index is 615. The molecule has 0 bridgehead atoms. The SMILES string of the molecule is NC(=NO)c1ccc(Oc2ccc(F)cc2)c(Cl)c1. The van der Waals surface area contributed by atoms with Gasteiger partial charge in [0.05, 0.1) is 5.02 Å². The summed E-state index contributed by atoms with van der Waals surface area (Å²) in [6, 6.07) is 10.2. The summed E-state index contributed by atoms with van der Waals surface area (Å²) in [4.78, 5) is 0. The van der Waals surface area contributed by atoms with Crippen LogP contribution in [-0.4, -0.2) is 11.0 Å². The van der Waals surface area contributed by atoms with Crippen LogP contribution in [-0.2, 0) is 0 Å². The molecule has 98 valence electrons. The van der Waals surface area contributed by atoms with Gasteiger partial charge in [0.15, 0.2) is 5.84 Å². The first-order chi connectivity index (χ1) is 9.10. The Hall–Kier alpha value is -2.27. The fourth-order valence-electron chi connectivity index (χ4n) is 1.43. The highest BCUT2D eigenvalue weighted by Crippen LogP contribution is 2.30. The van der Waals surface area contributed by atoms with Crippen LogP contribution < -0.4 is 10.5 Å². The van der Waals surface area contributed by atoms with Gasteiger partial charge in [-0.1, -0.05) is 16.8 Å². The average Bonchev–Trinajstić information content (AvgIpc) is 2.42. The van der Waals surface area contributed by atoms with Crippen LogP contribution in [0.3, 0.4) is 0 Å². The third kappa shape index (κ3) is 3.14. The second-order valence-corrected chi connectivity index (χ2v) is 4.09. The molecule has 2 aromatic carbocycles. The van der Waals surface area contributed by atoms with E-state index in [9.17, 15) is 4.39 Å². The summed E-state index contributed by atoms with van der Waals surface area (Å²) in [6.07, 6.45) is 0. The fourth-order valence-corrected chi connectivity index (χ4v) is 1.65. The molecule has 0 aliphatic heterocycles. The van der Waals surface area contributed by atoms with E-state index in [2.05, 4.69) is 5.16 Å². The Morgan fingerprint density at radius 3 is 2.47 bits per heavy atom. The standard InChI is InChI=1S/C13H10ClFN2O2/c14-11-7-8(13(16)17-18)1-6-12(11)19-10-4-2-9(15)3-5-10/h1-7,18H,(H2,16,17). The van der Waals surface area contributed by atoms with E-state index in [0.29, 0.717) is 22.1 Å². The zero-order valence-corrected chi connectivity index (χ0v) is 10.4. The minimum Gasteiger partial charge on any atom is -0.456 e. The van der Waals surface area contributed by atoms with Crippen molar-refractivity contribution in [1.82, 2.24) is 0 Å². The molecule has 0 heterocycles. The Balaban J connectivity index is 2.24. The van der Waals surface area contributed by atoms with Crippen molar-refractivity contribution in [3.8, 4) is 11.5 Å². The van der Waals surface area contributed by atoms with Crippen LogP contribution >= 0.6 is 11.6 Å². The molecule has 4 nitrogen and oxygen atoms in total. The van der Waals surface area contributed by atoms with Gasteiger partial charge in [-0.15, -0.1) is 0 Å². The Kier molecular flexibility index (Phi) is 3.87. The van der Waals surface area contributed by atoms with Crippen molar-refractivity contribution in [2.24, 2.45) is 10.9 Å². The van der Waals surface area contributed by atoms with Gasteiger partial charge in [0, 0.05) is 5.56 Å². The second kappa shape index (κ2) is 5.58. The van der Waals surface area contributed by atoms with E-state index < -0.39 is 0 Å². The van der Waals surface area contributed by atoms with Crippen molar-refractivity contribution < 1.29 is 14.3 Å². The number of hydrogen-bond donors (Lipinski definition) is 2. The predicted octanol–water partition coefficient (Wildman–Crippen LogP) is 3.37. The quantitative estimate of drug-likeness (QED) is 0.392. The molecule has 2 rings (SSSR count). The molecule has 0 unspecified atom stereocenters. The number of halogens is 2. The maximum absolute atomic E-state index is 12.8. The summed E-state index contributed by atoms with van der Waals surface area (Å²) < 4.78 is 18.2. The van der Waals surface area contributed by atoms with Gasteiger partial charge in [0.1, 0.15) is 17.3 Å². The van der Waals surface area contributed by atoms with E-state index in [1.54, 1.807) is 12.1 Å². The van der Waals surface area contributed by atoms with Gasteiger partial charge in [-0.05, 0) is 42.5 Å². The molecule has 0 aromatic heterocycles. The van der Waals surface area contributed by atoms with Crippen molar-refractivity contribution in [3.63, 3.8) is 0 Å². The van der Waals surface area contributed by atoms with E-state index in [1.165, 1.54) is 30.3 Å². The number of amidine groups is 1. The van der Waals surface area contributed by atoms with E-state index in [0.717, 1.165) is 0 Å². The van der Waals surface area contributed by atoms with Crippen LogP contribution in [0.2, 0.25) is 5.02 Å². The largest absolute Gasteiger partial charge is 0.456 e. The van der Waals surface area contributed by atoms with Gasteiger partial charge in [0.2, 0.25) is 0 Å². The van der Waals surface area contributed by atoms with E-state index >= 15 is 0 Å². The number of oxime groups is 1. The Morgan fingerprint density at radius 2 is 1.89 bits per heavy atom. The molecule has 0 saturated carbocycles. The number of hydrogen-bond acceptors (Lipinski definition) is 3. The van der Waals surface area contributed by atoms with Crippen molar-refractivity contribution in [3.05, 3.63) is 58.9 Å². The van der Waals surface area contributed by atoms with Crippen LogP contribution in [0, 0.1) is 5.82 Å². The van der Waals surface area contributed by atoms with Crippen molar-refractivity contribution >= 4 is 17.4 Å². The molecule has 0 spiro atoms. The van der Waals surface area contributed by atoms with Gasteiger partial charge in [-0.3, -0.25) is 0 Å². The van der Waals surface area contributed by atoms with Gasteiger partial charge in [-0.25, -0.2) is 4.39 Å². The maximum Gasteiger partial charge on any atom is 0.170 e. The van der Waals surface area contributed by atoms with E-state index in [4.69, 9.17) is 27.3 Å². The molecule has 3 N–H and O–H groups in total. The molecular weight excluding hydrogens is 271 g/mol. The lowest BCUT2D eigenvalue weighted by molar-refractivity contribution is 0.318. The third-order valence-corrected chi connectivity index (χ3v) is 2.67. The molecule has 0 saturated heterocycles. The molecule has 0 fully saturated rings. The Labute approximate surface area is 113 Å². The lowest BCUT2D eigenvalue weighted by Crippen LogP contribution is -2.12. The van der Waals surface area contributed by atoms with E-state index in [-0.39, 0.29) is 11.7 Å². The molecular formula is C13H10ClFN2O2. The first kappa shape index (κ1) is 13.2. The minimum atomic E-state index is -0.347. The van der Waals surface area contributed by atoms with Crippen molar-refractivity contribution in [1.29, 1.82) is 0 Å². The predicted molar refractivity (Wildman–Crippen MR) is 70.4 cm³/mol. The number of rotatable bonds is 3. The number of nitrogens with zero attached hydrogens (tertiary/aromatic N) is 1. The van der Waals surface area contributed by atoms with Crippen LogP contribution in [0.15, 0.2) is 47.6 Å². The van der Waals surface area contributed by atoms with Crippen LogP contribution in [0.1, 0.15) is 5.56 Å². The van der Waals surface area contributed by atoms with Gasteiger partial charge < -0.3 is 15.7 Å². The fraction of sp³-hybridized carbons (Fsp3) is 0. The summed E-state index contributed by atoms with van der Waals surface area (Å²) in [5, 5.41) is 11.7. The smallest absolute Gasteiger partial charge is 0.170 e. The normalized spacial score (nSPS) is 11.4. The molecule has 0 atom stereocenters. The first-order valence-corrected chi connectivity index (χ1v) is 5.69. The van der Waals surface area contributed by atoms with Crippen molar-refractivity contribution in [2.75, 3.05) is 0 Å². The average molecular weight is 281 g/mol. The lowest BCUT2D eigenvalue weighted by Gasteiger charge is -2.08. The molecule has 0 amide bonds. The summed E-state index contributed by atoms with van der Waals surface area (Å²) in [6.45, 7) is 0. The number of nitrogens with two attached hydrogens (primary N) is 1. The van der Waals surface area contributed by atoms with Crippen LogP contribution in [0.5, 0.6) is 11.5 Å². The molecule has 0 aliphatic carbocycles. The summed E-state index contributed by atoms with van der Waals surface area (Å²) >= 11 is 6.02. The first-order valence-electron chi connectivity index (χ1n) is 5.31. The summed E-state index contributed by atoms with van der Waals surface area (Å²) in [5.74, 6) is 0.457. The van der Waals surface area contributed by atoms with E-state index in [1.807, 2.05) is 0 Å². The molecule has 19 heavy (non-hydrogen) atoms. The molecule has 2 aromatic rings. The Morgan fingerprint density at radius 1 is 1.21 bits per heavy atom. The second-order valence-electron chi connectivity index (χ2n) is 3.69. The highest BCUT2D eigenvalue weighted by atomic mass is 35.5. The highest BCUT2D eigenvalue weighted by molar-refractivity contribution is 6.32. The van der Waals surface area contributed by atoms with Crippen LogP contribution in [0.25, 0.3) is 0 Å². The topological polar surface area (TPSA) is 67.8 Å². The van der Waals surface area contributed by atoms with Gasteiger partial charge in [0.25, 0.3) is 0 Å². The molecule has 0 radical (unpaired) electrons.